The fourth-order valence-corrected chi connectivity index (χ4v) is 2.76. The molecule has 4 heteroatoms. The number of nitrogens with one attached hydrogen (secondary N) is 1. The van der Waals surface area contributed by atoms with Crippen molar-refractivity contribution in [1.29, 1.82) is 0 Å². The third kappa shape index (κ3) is 1.99. The van der Waals surface area contributed by atoms with Crippen molar-refractivity contribution in [2.45, 2.75) is 36.5 Å². The van der Waals surface area contributed by atoms with Gasteiger partial charge in [-0.2, -0.15) is 0 Å². The third-order valence-electron chi connectivity index (χ3n) is 2.77. The molecule has 1 aliphatic carbocycles. The van der Waals surface area contributed by atoms with Crippen molar-refractivity contribution in [3.63, 3.8) is 0 Å². The molecule has 74 valence electrons. The van der Waals surface area contributed by atoms with Gasteiger partial charge in [0.05, 0.1) is 17.4 Å². The molecule has 2 rings (SSSR count). The van der Waals surface area contributed by atoms with E-state index in [2.05, 4.69) is 5.32 Å². The molecule has 0 radical (unpaired) electrons. The lowest BCUT2D eigenvalue weighted by atomic mass is 10.2. The van der Waals surface area contributed by atoms with E-state index in [4.69, 9.17) is 5.11 Å². The maximum atomic E-state index is 11.6. The molecule has 1 unspecified atom stereocenters. The van der Waals surface area contributed by atoms with Crippen LogP contribution in [0.2, 0.25) is 0 Å². The molecule has 0 aromatic rings. The Morgan fingerprint density at radius 3 is 2.85 bits per heavy atom. The molecule has 2 aliphatic rings. The Balaban J connectivity index is 1.84. The number of thioether (sulfide) groups is 1. The van der Waals surface area contributed by atoms with Gasteiger partial charge in [0.25, 0.3) is 0 Å². The molecule has 0 aromatic carbocycles. The molecule has 1 amide bonds. The van der Waals surface area contributed by atoms with Crippen LogP contribution in [0.1, 0.15) is 25.7 Å². The second kappa shape index (κ2) is 3.50. The minimum Gasteiger partial charge on any atom is -0.394 e. The highest BCUT2D eigenvalue weighted by Gasteiger charge is 2.44. The monoisotopic (exact) mass is 201 g/mol. The molecule has 0 aromatic heterocycles. The maximum Gasteiger partial charge on any atom is 0.233 e. The van der Waals surface area contributed by atoms with Gasteiger partial charge in [-0.3, -0.25) is 4.79 Å². The normalized spacial score (nSPS) is 30.1. The Labute approximate surface area is 82.3 Å². The van der Waals surface area contributed by atoms with Crippen LogP contribution in [0.5, 0.6) is 0 Å². The van der Waals surface area contributed by atoms with Crippen LogP contribution in [-0.2, 0) is 4.79 Å². The second-order valence-corrected chi connectivity index (χ2v) is 5.24. The number of rotatable bonds is 3. The average Bonchev–Trinajstić information content (AvgIpc) is 2.69. The molecule has 0 spiro atoms. The number of aliphatic hydroxyl groups is 1. The number of aliphatic hydroxyl groups excluding tert-OH is 1. The van der Waals surface area contributed by atoms with Crippen LogP contribution in [0.3, 0.4) is 0 Å². The van der Waals surface area contributed by atoms with Crippen molar-refractivity contribution in [2.75, 3.05) is 12.4 Å². The first kappa shape index (κ1) is 9.34. The van der Waals surface area contributed by atoms with Gasteiger partial charge in [0.15, 0.2) is 0 Å². The average molecular weight is 201 g/mol. The maximum absolute atomic E-state index is 11.6. The molecule has 2 fully saturated rings. The highest BCUT2D eigenvalue weighted by Crippen LogP contribution is 2.36. The molecule has 1 heterocycles. The van der Waals surface area contributed by atoms with Crippen LogP contribution in [0.15, 0.2) is 0 Å². The Morgan fingerprint density at radius 2 is 2.38 bits per heavy atom. The van der Waals surface area contributed by atoms with Crippen LogP contribution >= 0.6 is 11.8 Å². The van der Waals surface area contributed by atoms with Crippen molar-refractivity contribution in [2.24, 2.45) is 0 Å². The minimum atomic E-state index is -0.236. The summed E-state index contributed by atoms with van der Waals surface area (Å²) in [7, 11) is 0. The quantitative estimate of drug-likeness (QED) is 0.700. The van der Waals surface area contributed by atoms with Crippen molar-refractivity contribution in [3.05, 3.63) is 0 Å². The van der Waals surface area contributed by atoms with E-state index in [1.165, 1.54) is 0 Å². The molecule has 13 heavy (non-hydrogen) atoms. The fraction of sp³-hybridized carbons (Fsp3) is 0.889. The summed E-state index contributed by atoms with van der Waals surface area (Å²) < 4.78 is 0. The summed E-state index contributed by atoms with van der Waals surface area (Å²) in [6, 6.07) is 0. The lowest BCUT2D eigenvalue weighted by molar-refractivity contribution is -0.121. The Hall–Kier alpha value is -0.220. The molecule has 2 N–H and O–H groups in total. The molecule has 1 aliphatic heterocycles. The van der Waals surface area contributed by atoms with Gasteiger partial charge in [-0.05, 0) is 31.4 Å². The highest BCUT2D eigenvalue weighted by molar-refractivity contribution is 8.00. The molecule has 1 atom stereocenters. The van der Waals surface area contributed by atoms with E-state index in [9.17, 15) is 4.79 Å². The van der Waals surface area contributed by atoms with Crippen LogP contribution in [-0.4, -0.2) is 34.2 Å². The number of hydrogen-bond acceptors (Lipinski definition) is 3. The van der Waals surface area contributed by atoms with Gasteiger partial charge in [-0.25, -0.2) is 0 Å². The summed E-state index contributed by atoms with van der Waals surface area (Å²) in [6.45, 7) is 0.0934. The number of carbonyl (C=O) groups is 1. The third-order valence-corrected chi connectivity index (χ3v) is 4.14. The van der Waals surface area contributed by atoms with Crippen molar-refractivity contribution < 1.29 is 9.90 Å². The predicted octanol–water partition coefficient (Wildman–Crippen LogP) is 0.523. The largest absolute Gasteiger partial charge is 0.394 e. The first-order chi connectivity index (χ1) is 6.26. The van der Waals surface area contributed by atoms with Gasteiger partial charge in [-0.15, -0.1) is 11.8 Å². The first-order valence-corrected chi connectivity index (χ1v) is 5.85. The van der Waals surface area contributed by atoms with E-state index in [0.29, 0.717) is 0 Å². The molecule has 1 saturated carbocycles. The van der Waals surface area contributed by atoms with Crippen molar-refractivity contribution in [1.82, 2.24) is 5.32 Å². The van der Waals surface area contributed by atoms with Gasteiger partial charge < -0.3 is 10.4 Å². The van der Waals surface area contributed by atoms with E-state index in [1.807, 2.05) is 0 Å². The smallest absolute Gasteiger partial charge is 0.233 e. The van der Waals surface area contributed by atoms with E-state index >= 15 is 0 Å². The summed E-state index contributed by atoms with van der Waals surface area (Å²) in [5.41, 5.74) is -0.236. The van der Waals surface area contributed by atoms with Gasteiger partial charge in [0.1, 0.15) is 0 Å². The van der Waals surface area contributed by atoms with E-state index in [-0.39, 0.29) is 23.3 Å². The number of amides is 1. The Kier molecular flexibility index (Phi) is 2.51. The standard InChI is InChI=1S/C9H15NO2S/c11-6-9(3-4-9)10-8(12)7-2-1-5-13-7/h7,11H,1-6H2,(H,10,12). The fourth-order valence-electron chi connectivity index (χ4n) is 1.60. The molecular weight excluding hydrogens is 186 g/mol. The molecular formula is C9H15NO2S. The zero-order chi connectivity index (χ0) is 9.31. The molecule has 3 nitrogen and oxygen atoms in total. The van der Waals surface area contributed by atoms with Gasteiger partial charge in [0, 0.05) is 0 Å². The van der Waals surface area contributed by atoms with Crippen LogP contribution in [0.25, 0.3) is 0 Å². The Bertz CT molecular complexity index is 210. The van der Waals surface area contributed by atoms with Crippen molar-refractivity contribution in [3.8, 4) is 0 Å². The summed E-state index contributed by atoms with van der Waals surface area (Å²) >= 11 is 1.74. The SMILES string of the molecule is O=C(NC1(CO)CC1)C1CCCS1. The summed E-state index contributed by atoms with van der Waals surface area (Å²) in [5, 5.41) is 12.1. The summed E-state index contributed by atoms with van der Waals surface area (Å²) in [5.74, 6) is 1.23. The number of carbonyl (C=O) groups excluding carboxylic acids is 1. The van der Waals surface area contributed by atoms with E-state index in [1.54, 1.807) is 11.8 Å². The molecule has 1 saturated heterocycles. The van der Waals surface area contributed by atoms with Crippen LogP contribution < -0.4 is 5.32 Å². The van der Waals surface area contributed by atoms with Gasteiger partial charge in [0.2, 0.25) is 5.91 Å². The number of hydrogen-bond donors (Lipinski definition) is 2. The van der Waals surface area contributed by atoms with Gasteiger partial charge >= 0.3 is 0 Å². The molecule has 0 bridgehead atoms. The van der Waals surface area contributed by atoms with Crippen molar-refractivity contribution >= 4 is 17.7 Å². The topological polar surface area (TPSA) is 49.3 Å². The lowest BCUT2D eigenvalue weighted by Crippen LogP contribution is -2.43. The minimum absolute atomic E-state index is 0.0934. The van der Waals surface area contributed by atoms with E-state index in [0.717, 1.165) is 31.4 Å². The highest BCUT2D eigenvalue weighted by atomic mass is 32.2. The summed E-state index contributed by atoms with van der Waals surface area (Å²) in [6.07, 6.45) is 4.02. The first-order valence-electron chi connectivity index (χ1n) is 4.80. The second-order valence-electron chi connectivity index (χ2n) is 3.93. The Morgan fingerprint density at radius 1 is 1.62 bits per heavy atom. The predicted molar refractivity (Wildman–Crippen MR) is 52.7 cm³/mol. The zero-order valence-corrected chi connectivity index (χ0v) is 8.40. The van der Waals surface area contributed by atoms with Crippen LogP contribution in [0.4, 0.5) is 0 Å². The van der Waals surface area contributed by atoms with Crippen LogP contribution in [0, 0.1) is 0 Å². The summed E-state index contributed by atoms with van der Waals surface area (Å²) in [4.78, 5) is 11.6. The zero-order valence-electron chi connectivity index (χ0n) is 7.58. The van der Waals surface area contributed by atoms with E-state index < -0.39 is 0 Å². The lowest BCUT2D eigenvalue weighted by Gasteiger charge is -2.16. The van der Waals surface area contributed by atoms with Gasteiger partial charge in [-0.1, -0.05) is 0 Å².